The first-order chi connectivity index (χ1) is 8.41. The highest BCUT2D eigenvalue weighted by atomic mass is 35.5. The molecule has 6 heteroatoms. The highest BCUT2D eigenvalue weighted by Gasteiger charge is 2.19. The minimum absolute atomic E-state index is 0.0682. The largest absolute Gasteiger partial charge is 0.341 e. The zero-order valence-corrected chi connectivity index (χ0v) is 11.3. The predicted molar refractivity (Wildman–Crippen MR) is 72.7 cm³/mol. The third kappa shape index (κ3) is 2.42. The van der Waals surface area contributed by atoms with Crippen molar-refractivity contribution in [3.8, 4) is 0 Å². The number of hydrogen-bond acceptors (Lipinski definition) is 2. The molecule has 2 rings (SSSR count). The van der Waals surface area contributed by atoms with Gasteiger partial charge < -0.3 is 4.98 Å². The van der Waals surface area contributed by atoms with E-state index >= 15 is 0 Å². The van der Waals surface area contributed by atoms with Crippen molar-refractivity contribution in [2.75, 3.05) is 0 Å². The van der Waals surface area contributed by atoms with Crippen molar-refractivity contribution in [2.24, 2.45) is 5.11 Å². The van der Waals surface area contributed by atoms with Crippen LogP contribution in [-0.2, 0) is 12.0 Å². The van der Waals surface area contributed by atoms with Crippen molar-refractivity contribution < 1.29 is 0 Å². The number of imidazole rings is 1. The van der Waals surface area contributed by atoms with Crippen LogP contribution in [0.4, 0.5) is 0 Å². The van der Waals surface area contributed by atoms with Gasteiger partial charge >= 0.3 is 0 Å². The maximum absolute atomic E-state index is 8.40. The number of nitrogens with one attached hydrogen (secondary N) is 1. The maximum Gasteiger partial charge on any atom is 0.112 e. The molecule has 0 saturated heterocycles. The van der Waals surface area contributed by atoms with Crippen LogP contribution in [0.15, 0.2) is 17.2 Å². The van der Waals surface area contributed by atoms with E-state index in [0.717, 1.165) is 22.4 Å². The Kier molecular flexibility index (Phi) is 3.20. The van der Waals surface area contributed by atoms with Crippen LogP contribution >= 0.6 is 11.6 Å². The predicted octanol–water partition coefficient (Wildman–Crippen LogP) is 4.32. The molecule has 2 aromatic rings. The number of azide groups is 1. The van der Waals surface area contributed by atoms with Gasteiger partial charge in [-0.05, 0) is 23.2 Å². The number of aromatic amines is 1. The molecule has 0 aliphatic rings. The molecule has 1 heterocycles. The molecule has 0 atom stereocenters. The number of benzene rings is 1. The van der Waals surface area contributed by atoms with Crippen molar-refractivity contribution in [1.29, 1.82) is 0 Å². The molecule has 5 nitrogen and oxygen atoms in total. The summed E-state index contributed by atoms with van der Waals surface area (Å²) in [7, 11) is 0. The summed E-state index contributed by atoms with van der Waals surface area (Å²) in [5.41, 5.74) is 10.9. The molecule has 1 aromatic heterocycles. The van der Waals surface area contributed by atoms with Gasteiger partial charge in [0.15, 0.2) is 0 Å². The standard InChI is InChI=1S/C12H14ClN5/c1-12(2,3)11-16-9-5-8(13)4-7(6-15-18-14)10(9)17-11/h4-5H,6H2,1-3H3,(H,16,17). The van der Waals surface area contributed by atoms with E-state index in [1.54, 1.807) is 6.07 Å². The van der Waals surface area contributed by atoms with E-state index in [-0.39, 0.29) is 12.0 Å². The molecule has 94 valence electrons. The second-order valence-electron chi connectivity index (χ2n) is 5.19. The highest BCUT2D eigenvalue weighted by molar-refractivity contribution is 6.31. The van der Waals surface area contributed by atoms with Gasteiger partial charge in [0.05, 0.1) is 17.6 Å². The molecule has 1 aromatic carbocycles. The Morgan fingerprint density at radius 2 is 2.17 bits per heavy atom. The van der Waals surface area contributed by atoms with E-state index in [9.17, 15) is 0 Å². The van der Waals surface area contributed by atoms with Crippen LogP contribution in [0.2, 0.25) is 5.02 Å². The summed E-state index contributed by atoms with van der Waals surface area (Å²) in [5, 5.41) is 4.18. The lowest BCUT2D eigenvalue weighted by Crippen LogP contribution is -2.13. The molecular weight excluding hydrogens is 250 g/mol. The minimum atomic E-state index is -0.0682. The van der Waals surface area contributed by atoms with E-state index in [2.05, 4.69) is 40.8 Å². The van der Waals surface area contributed by atoms with Crippen molar-refractivity contribution in [3.05, 3.63) is 39.0 Å². The average molecular weight is 264 g/mol. The van der Waals surface area contributed by atoms with Crippen LogP contribution in [0.1, 0.15) is 32.2 Å². The Hall–Kier alpha value is -1.71. The zero-order chi connectivity index (χ0) is 13.3. The summed E-state index contributed by atoms with van der Waals surface area (Å²) >= 11 is 6.04. The van der Waals surface area contributed by atoms with Gasteiger partial charge in [-0.15, -0.1) is 0 Å². The fourth-order valence-electron chi connectivity index (χ4n) is 1.73. The molecule has 0 fully saturated rings. The Morgan fingerprint density at radius 1 is 1.44 bits per heavy atom. The van der Waals surface area contributed by atoms with Crippen LogP contribution < -0.4 is 0 Å². The summed E-state index contributed by atoms with van der Waals surface area (Å²) in [6.45, 7) is 6.50. The van der Waals surface area contributed by atoms with Gasteiger partial charge in [-0.25, -0.2) is 4.98 Å². The van der Waals surface area contributed by atoms with Gasteiger partial charge in [0.2, 0.25) is 0 Å². The van der Waals surface area contributed by atoms with E-state index in [1.807, 2.05) is 6.07 Å². The van der Waals surface area contributed by atoms with Crippen LogP contribution in [0.3, 0.4) is 0 Å². The first kappa shape index (κ1) is 12.7. The minimum Gasteiger partial charge on any atom is -0.341 e. The Balaban J connectivity index is 2.63. The number of rotatable bonds is 2. The third-order valence-corrected chi connectivity index (χ3v) is 2.86. The number of fused-ring (bicyclic) bond motifs is 1. The van der Waals surface area contributed by atoms with E-state index in [0.29, 0.717) is 5.02 Å². The first-order valence-corrected chi connectivity index (χ1v) is 5.99. The SMILES string of the molecule is CC(C)(C)c1nc2c(CN=[N+]=[N-])cc(Cl)cc2[nH]1. The summed E-state index contributed by atoms with van der Waals surface area (Å²) in [4.78, 5) is 10.6. The van der Waals surface area contributed by atoms with E-state index in [4.69, 9.17) is 17.1 Å². The quantitative estimate of drug-likeness (QED) is 0.489. The van der Waals surface area contributed by atoms with Crippen LogP contribution in [-0.4, -0.2) is 9.97 Å². The second-order valence-corrected chi connectivity index (χ2v) is 5.62. The zero-order valence-electron chi connectivity index (χ0n) is 10.5. The molecule has 0 aliphatic heterocycles. The number of H-pyrrole nitrogens is 1. The lowest BCUT2D eigenvalue weighted by Gasteiger charge is -2.13. The van der Waals surface area contributed by atoms with Gasteiger partial charge in [0.25, 0.3) is 0 Å². The van der Waals surface area contributed by atoms with Gasteiger partial charge in [0.1, 0.15) is 5.82 Å². The molecule has 0 saturated carbocycles. The molecule has 1 N–H and O–H groups in total. The lowest BCUT2D eigenvalue weighted by molar-refractivity contribution is 0.554. The molecule has 18 heavy (non-hydrogen) atoms. The first-order valence-electron chi connectivity index (χ1n) is 5.61. The van der Waals surface area contributed by atoms with Crippen molar-refractivity contribution in [3.63, 3.8) is 0 Å². The van der Waals surface area contributed by atoms with Gasteiger partial charge in [-0.1, -0.05) is 37.5 Å². The topological polar surface area (TPSA) is 77.4 Å². The fraction of sp³-hybridized carbons (Fsp3) is 0.417. The van der Waals surface area contributed by atoms with Crippen molar-refractivity contribution in [1.82, 2.24) is 9.97 Å². The summed E-state index contributed by atoms with van der Waals surface area (Å²) in [6, 6.07) is 3.62. The fourth-order valence-corrected chi connectivity index (χ4v) is 1.97. The van der Waals surface area contributed by atoms with Gasteiger partial charge in [0, 0.05) is 15.3 Å². The summed E-state index contributed by atoms with van der Waals surface area (Å²) in [6.07, 6.45) is 0. The smallest absolute Gasteiger partial charge is 0.112 e. The summed E-state index contributed by atoms with van der Waals surface area (Å²) < 4.78 is 0. The normalized spacial score (nSPS) is 11.6. The molecule has 0 aliphatic carbocycles. The number of aromatic nitrogens is 2. The Labute approximate surface area is 110 Å². The second kappa shape index (κ2) is 4.52. The Morgan fingerprint density at radius 3 is 2.78 bits per heavy atom. The number of hydrogen-bond donors (Lipinski definition) is 1. The highest BCUT2D eigenvalue weighted by Crippen LogP contribution is 2.27. The van der Waals surface area contributed by atoms with Crippen molar-refractivity contribution >= 4 is 22.6 Å². The maximum atomic E-state index is 8.40. The van der Waals surface area contributed by atoms with Crippen LogP contribution in [0.25, 0.3) is 21.5 Å². The van der Waals surface area contributed by atoms with Gasteiger partial charge in [-0.2, -0.15) is 0 Å². The van der Waals surface area contributed by atoms with E-state index in [1.165, 1.54) is 0 Å². The van der Waals surface area contributed by atoms with E-state index < -0.39 is 0 Å². The third-order valence-electron chi connectivity index (χ3n) is 2.65. The number of halogens is 1. The summed E-state index contributed by atoms with van der Waals surface area (Å²) in [5.74, 6) is 0.891. The number of nitrogens with zero attached hydrogens (tertiary/aromatic N) is 4. The van der Waals surface area contributed by atoms with Crippen LogP contribution in [0.5, 0.6) is 0 Å². The Bertz CT molecular complexity index is 632. The molecule has 0 unspecified atom stereocenters. The molecule has 0 spiro atoms. The molecular formula is C12H14ClN5. The molecule has 0 radical (unpaired) electrons. The van der Waals surface area contributed by atoms with Gasteiger partial charge in [-0.3, -0.25) is 0 Å². The lowest BCUT2D eigenvalue weighted by atomic mass is 9.96. The van der Waals surface area contributed by atoms with Crippen LogP contribution in [0, 0.1) is 0 Å². The van der Waals surface area contributed by atoms with Crippen molar-refractivity contribution in [2.45, 2.75) is 32.7 Å². The monoisotopic (exact) mass is 263 g/mol. The average Bonchev–Trinajstić information content (AvgIpc) is 2.69. The molecule has 0 amide bonds. The molecule has 0 bridgehead atoms.